The normalized spacial score (nSPS) is 10.8. The highest BCUT2D eigenvalue weighted by atomic mass is 35.5. The van der Waals surface area contributed by atoms with Crippen LogP contribution in [0.4, 0.5) is 0 Å². The predicted octanol–water partition coefficient (Wildman–Crippen LogP) is 2.00. The molecule has 16 heavy (non-hydrogen) atoms. The minimum atomic E-state index is 0.760. The van der Waals surface area contributed by atoms with Crippen molar-refractivity contribution in [3.05, 3.63) is 28.8 Å². The third-order valence-corrected chi connectivity index (χ3v) is 2.80. The Balaban J connectivity index is 2.59. The van der Waals surface area contributed by atoms with Gasteiger partial charge in [-0.2, -0.15) is 0 Å². The summed E-state index contributed by atoms with van der Waals surface area (Å²) in [6.45, 7) is 2.83. The van der Waals surface area contributed by atoms with Crippen LogP contribution >= 0.6 is 11.6 Å². The van der Waals surface area contributed by atoms with Gasteiger partial charge in [0.15, 0.2) is 0 Å². The molecule has 1 aromatic carbocycles. The number of hydrogen-bond acceptors (Lipinski definition) is 3. The van der Waals surface area contributed by atoms with E-state index < -0.39 is 0 Å². The molecule has 0 aliphatic heterocycles. The van der Waals surface area contributed by atoms with E-state index in [0.717, 1.165) is 36.0 Å². The molecule has 4 heteroatoms. The number of benzene rings is 1. The number of rotatable bonds is 6. The maximum Gasteiger partial charge on any atom is 0.120 e. The number of methoxy groups -OCH3 is 1. The molecule has 0 heterocycles. The van der Waals surface area contributed by atoms with Crippen molar-refractivity contribution in [1.82, 2.24) is 10.2 Å². The zero-order valence-corrected chi connectivity index (χ0v) is 10.8. The summed E-state index contributed by atoms with van der Waals surface area (Å²) in [5, 5.41) is 3.88. The molecule has 3 nitrogen and oxygen atoms in total. The van der Waals surface area contributed by atoms with Crippen LogP contribution in [0.2, 0.25) is 5.02 Å². The van der Waals surface area contributed by atoms with E-state index in [-0.39, 0.29) is 0 Å². The molecule has 0 aliphatic rings. The molecule has 0 unspecified atom stereocenters. The van der Waals surface area contributed by atoms with E-state index in [2.05, 4.69) is 17.3 Å². The lowest BCUT2D eigenvalue weighted by molar-refractivity contribution is 0.328. The zero-order valence-electron chi connectivity index (χ0n) is 10.1. The highest BCUT2D eigenvalue weighted by molar-refractivity contribution is 6.31. The SMILES string of the molecule is CNCCN(C)Cc1ccc(OC)cc1Cl. The number of hydrogen-bond donors (Lipinski definition) is 1. The number of likely N-dealkylation sites (N-methyl/N-ethyl adjacent to an activating group) is 2. The zero-order chi connectivity index (χ0) is 12.0. The van der Waals surface area contributed by atoms with Gasteiger partial charge in [-0.1, -0.05) is 17.7 Å². The lowest BCUT2D eigenvalue weighted by Gasteiger charge is -2.17. The molecular formula is C12H19ClN2O. The van der Waals surface area contributed by atoms with E-state index in [1.807, 2.05) is 25.2 Å². The fourth-order valence-corrected chi connectivity index (χ4v) is 1.69. The molecule has 0 saturated heterocycles. The van der Waals surface area contributed by atoms with Gasteiger partial charge in [0.25, 0.3) is 0 Å². The molecule has 0 fully saturated rings. The van der Waals surface area contributed by atoms with Crippen LogP contribution in [0.15, 0.2) is 18.2 Å². The van der Waals surface area contributed by atoms with E-state index in [4.69, 9.17) is 16.3 Å². The molecule has 0 radical (unpaired) electrons. The summed E-state index contributed by atoms with van der Waals surface area (Å²) in [6.07, 6.45) is 0. The Hall–Kier alpha value is -0.770. The molecule has 0 atom stereocenters. The maximum atomic E-state index is 6.16. The first-order valence-corrected chi connectivity index (χ1v) is 5.70. The molecule has 1 rings (SSSR count). The van der Waals surface area contributed by atoms with Crippen molar-refractivity contribution in [3.8, 4) is 5.75 Å². The molecule has 0 spiro atoms. The van der Waals surface area contributed by atoms with Crippen molar-refractivity contribution in [2.75, 3.05) is 34.3 Å². The molecule has 0 amide bonds. The van der Waals surface area contributed by atoms with Gasteiger partial charge in [-0.3, -0.25) is 0 Å². The second-order valence-corrected chi connectivity index (χ2v) is 4.21. The van der Waals surface area contributed by atoms with E-state index >= 15 is 0 Å². The van der Waals surface area contributed by atoms with Gasteiger partial charge in [-0.15, -0.1) is 0 Å². The number of nitrogens with zero attached hydrogens (tertiary/aromatic N) is 1. The van der Waals surface area contributed by atoms with Crippen LogP contribution in [0.5, 0.6) is 5.75 Å². The fourth-order valence-electron chi connectivity index (χ4n) is 1.46. The third kappa shape index (κ3) is 4.00. The van der Waals surface area contributed by atoms with Gasteiger partial charge in [0.2, 0.25) is 0 Å². The van der Waals surface area contributed by atoms with E-state index in [1.54, 1.807) is 7.11 Å². The summed E-state index contributed by atoms with van der Waals surface area (Å²) in [4.78, 5) is 2.23. The predicted molar refractivity (Wildman–Crippen MR) is 68.3 cm³/mol. The first-order valence-electron chi connectivity index (χ1n) is 5.33. The maximum absolute atomic E-state index is 6.16. The molecule has 1 aromatic rings. The van der Waals surface area contributed by atoms with Crippen LogP contribution < -0.4 is 10.1 Å². The van der Waals surface area contributed by atoms with Crippen LogP contribution in [-0.2, 0) is 6.54 Å². The van der Waals surface area contributed by atoms with Crippen molar-refractivity contribution >= 4 is 11.6 Å². The second-order valence-electron chi connectivity index (χ2n) is 3.80. The summed E-state index contributed by atoms with van der Waals surface area (Å²) >= 11 is 6.16. The lowest BCUT2D eigenvalue weighted by atomic mass is 10.2. The Morgan fingerprint density at radius 3 is 2.75 bits per heavy atom. The quantitative estimate of drug-likeness (QED) is 0.826. The number of ether oxygens (including phenoxy) is 1. The van der Waals surface area contributed by atoms with Crippen LogP contribution in [0, 0.1) is 0 Å². The Kier molecular flexibility index (Phi) is 5.60. The second kappa shape index (κ2) is 6.74. The highest BCUT2D eigenvalue weighted by Gasteiger charge is 2.05. The van der Waals surface area contributed by atoms with Crippen LogP contribution in [0.3, 0.4) is 0 Å². The summed E-state index contributed by atoms with van der Waals surface area (Å²) in [5.41, 5.74) is 1.13. The van der Waals surface area contributed by atoms with E-state index in [9.17, 15) is 0 Å². The van der Waals surface area contributed by atoms with Crippen LogP contribution in [-0.4, -0.2) is 39.2 Å². The van der Waals surface area contributed by atoms with Crippen LogP contribution in [0.25, 0.3) is 0 Å². The minimum Gasteiger partial charge on any atom is -0.497 e. The van der Waals surface area contributed by atoms with Gasteiger partial charge >= 0.3 is 0 Å². The molecule has 0 aromatic heterocycles. The summed E-state index contributed by atoms with van der Waals surface area (Å²) in [7, 11) is 5.68. The standard InChI is InChI=1S/C12H19ClN2O/c1-14-6-7-15(2)9-10-4-5-11(16-3)8-12(10)13/h4-5,8,14H,6-7,9H2,1-3H3. The molecule has 1 N–H and O–H groups in total. The number of nitrogens with one attached hydrogen (secondary N) is 1. The van der Waals surface area contributed by atoms with Gasteiger partial charge in [0.05, 0.1) is 7.11 Å². The first kappa shape index (κ1) is 13.3. The lowest BCUT2D eigenvalue weighted by Crippen LogP contribution is -2.27. The Bertz CT molecular complexity index is 331. The Labute approximate surface area is 102 Å². The van der Waals surface area contributed by atoms with Crippen molar-refractivity contribution in [2.24, 2.45) is 0 Å². The molecule has 0 aliphatic carbocycles. The van der Waals surface area contributed by atoms with Gasteiger partial charge in [0.1, 0.15) is 5.75 Å². The van der Waals surface area contributed by atoms with Crippen molar-refractivity contribution < 1.29 is 4.74 Å². The third-order valence-electron chi connectivity index (χ3n) is 2.44. The summed E-state index contributed by atoms with van der Waals surface area (Å²) < 4.78 is 5.11. The largest absolute Gasteiger partial charge is 0.497 e. The first-order chi connectivity index (χ1) is 7.67. The average molecular weight is 243 g/mol. The van der Waals surface area contributed by atoms with Crippen LogP contribution in [0.1, 0.15) is 5.56 Å². The molecule has 90 valence electrons. The monoisotopic (exact) mass is 242 g/mol. The van der Waals surface area contributed by atoms with Gasteiger partial charge < -0.3 is 15.0 Å². The van der Waals surface area contributed by atoms with E-state index in [1.165, 1.54) is 0 Å². The molecular weight excluding hydrogens is 224 g/mol. The molecule has 0 bridgehead atoms. The summed E-state index contributed by atoms with van der Waals surface area (Å²) in [5.74, 6) is 0.798. The van der Waals surface area contributed by atoms with Gasteiger partial charge in [-0.05, 0) is 31.8 Å². The van der Waals surface area contributed by atoms with Crippen molar-refractivity contribution in [3.63, 3.8) is 0 Å². The Morgan fingerprint density at radius 1 is 1.44 bits per heavy atom. The summed E-state index contributed by atoms with van der Waals surface area (Å²) in [6, 6.07) is 5.80. The van der Waals surface area contributed by atoms with Gasteiger partial charge in [0, 0.05) is 24.7 Å². The number of halogens is 1. The highest BCUT2D eigenvalue weighted by Crippen LogP contribution is 2.23. The fraction of sp³-hybridized carbons (Fsp3) is 0.500. The van der Waals surface area contributed by atoms with Crippen molar-refractivity contribution in [2.45, 2.75) is 6.54 Å². The smallest absolute Gasteiger partial charge is 0.120 e. The van der Waals surface area contributed by atoms with Crippen molar-refractivity contribution in [1.29, 1.82) is 0 Å². The molecule has 0 saturated carbocycles. The minimum absolute atomic E-state index is 0.760. The Morgan fingerprint density at radius 2 is 2.19 bits per heavy atom. The van der Waals surface area contributed by atoms with E-state index in [0.29, 0.717) is 0 Å². The van der Waals surface area contributed by atoms with Gasteiger partial charge in [-0.25, -0.2) is 0 Å². The average Bonchev–Trinajstić information content (AvgIpc) is 2.29. The topological polar surface area (TPSA) is 24.5 Å².